The molecule has 0 radical (unpaired) electrons. The van der Waals surface area contributed by atoms with Gasteiger partial charge in [0.05, 0.1) is 31.5 Å². The van der Waals surface area contributed by atoms with Gasteiger partial charge in [-0.25, -0.2) is 14.0 Å². The molecule has 14 heteroatoms. The van der Waals surface area contributed by atoms with Crippen LogP contribution in [0.2, 0.25) is 0 Å². The average molecular weight is 962 g/mol. The van der Waals surface area contributed by atoms with Gasteiger partial charge in [-0.05, 0) is 105 Å². The summed E-state index contributed by atoms with van der Waals surface area (Å²) >= 11 is 0. The number of fused-ring (bicyclic) bond motifs is 2. The van der Waals surface area contributed by atoms with E-state index in [0.29, 0.717) is 61.6 Å². The second-order valence-electron chi connectivity index (χ2n) is 19.1. The Labute approximate surface area is 410 Å². The molecule has 382 valence electrons. The molecule has 1 unspecified atom stereocenters. The third kappa shape index (κ3) is 14.8. The van der Waals surface area contributed by atoms with Crippen LogP contribution in [0.1, 0.15) is 159 Å². The van der Waals surface area contributed by atoms with Gasteiger partial charge in [0.2, 0.25) is 12.1 Å². The van der Waals surface area contributed by atoms with E-state index in [4.69, 9.17) is 33.7 Å². The summed E-state index contributed by atoms with van der Waals surface area (Å²) in [5.74, 6) is -2.08. The van der Waals surface area contributed by atoms with Crippen molar-refractivity contribution in [3.8, 4) is 11.5 Å². The number of nitrogens with one attached hydrogen (secondary N) is 1. The van der Waals surface area contributed by atoms with Crippen LogP contribution in [0, 0.1) is 23.6 Å². The van der Waals surface area contributed by atoms with Gasteiger partial charge in [-0.1, -0.05) is 107 Å². The number of allylic oxidation sites excluding steroid dienone is 1. The van der Waals surface area contributed by atoms with Gasteiger partial charge < -0.3 is 44.1 Å². The third-order valence-corrected chi connectivity index (χ3v) is 14.2. The van der Waals surface area contributed by atoms with E-state index in [-0.39, 0.29) is 57.1 Å². The summed E-state index contributed by atoms with van der Waals surface area (Å²) in [6, 6.07) is 10.6. The van der Waals surface area contributed by atoms with E-state index < -0.39 is 42.0 Å². The van der Waals surface area contributed by atoms with Crippen LogP contribution < -0.4 is 14.8 Å². The number of aliphatic hydroxyl groups excluding tert-OH is 2. The molecular weight excluding hydrogens is 882 g/mol. The van der Waals surface area contributed by atoms with Crippen molar-refractivity contribution in [3.63, 3.8) is 0 Å². The monoisotopic (exact) mass is 962 g/mol. The number of nitrogens with zero attached hydrogens (tertiary/aromatic N) is 2. The summed E-state index contributed by atoms with van der Waals surface area (Å²) in [6.45, 7) is 9.54. The number of halogens is 1. The quantitative estimate of drug-likeness (QED) is 0.0407. The number of benzene rings is 2. The van der Waals surface area contributed by atoms with Crippen molar-refractivity contribution in [2.24, 2.45) is 22.9 Å². The number of unbranched alkanes of at least 4 members (excludes halogenated alkanes) is 11. The fourth-order valence-electron chi connectivity index (χ4n) is 10.8. The topological polar surface area (TPSA) is 158 Å². The zero-order valence-electron chi connectivity index (χ0n) is 41.4. The molecule has 0 aromatic heterocycles. The van der Waals surface area contributed by atoms with Crippen LogP contribution >= 0.6 is 0 Å². The largest absolute Gasteiger partial charge is 0.459 e. The summed E-state index contributed by atoms with van der Waals surface area (Å²) in [7, 11) is 0. The molecule has 2 fully saturated rings. The Balaban J connectivity index is 1.47. The van der Waals surface area contributed by atoms with Gasteiger partial charge in [0, 0.05) is 50.6 Å². The molecule has 2 aliphatic heterocycles. The van der Waals surface area contributed by atoms with E-state index in [0.717, 1.165) is 68.9 Å². The standard InChI is InChI=1S/C55H80FN3O10/c1-4-7-8-9-10-11-12-13-14-20-35-65-54(63)59(39-40-25-27-42(56)28-26-40)49-38-47(58-69-50-24-17-21-34-64-50)45-36-41(22-15-18-31-60)44(23-16-19-32-61)51-46-37-43(67-53(62)57-6-3)29-30-48(46)68-55(49,52(45)51)66-33-5-2/h5,25-30,36-37,41,44,49-52,60-61H,2,4,6-24,31-35,38-39H2,1,3H3,(H,57,62)/t41-,44+,49-,50?,51+,52+,55+/m0/s1. The number of hydrogen-bond acceptors (Lipinski definition) is 11. The highest BCUT2D eigenvalue weighted by atomic mass is 19.1. The van der Waals surface area contributed by atoms with Crippen molar-refractivity contribution in [2.75, 3.05) is 39.6 Å². The van der Waals surface area contributed by atoms with Gasteiger partial charge >= 0.3 is 12.2 Å². The molecule has 2 heterocycles. The Bertz CT molecular complexity index is 1960. The van der Waals surface area contributed by atoms with Crippen molar-refractivity contribution in [1.82, 2.24) is 10.2 Å². The lowest BCUT2D eigenvalue weighted by Gasteiger charge is -2.59. The molecule has 2 aliphatic carbocycles. The minimum atomic E-state index is -1.55. The normalized spacial score (nSPS) is 24.3. The first-order chi connectivity index (χ1) is 33.8. The molecule has 69 heavy (non-hydrogen) atoms. The molecule has 0 spiro atoms. The number of aliphatic hydroxyl groups is 2. The van der Waals surface area contributed by atoms with Crippen LogP contribution in [0.3, 0.4) is 0 Å². The van der Waals surface area contributed by atoms with Crippen molar-refractivity contribution in [2.45, 2.75) is 173 Å². The number of carbonyl (C=O) groups excluding carboxylic acids is 2. The van der Waals surface area contributed by atoms with E-state index >= 15 is 4.79 Å². The average Bonchev–Trinajstić information content (AvgIpc) is 3.35. The Morgan fingerprint density at radius 2 is 1.65 bits per heavy atom. The second-order valence-corrected chi connectivity index (χ2v) is 19.1. The molecule has 1 saturated heterocycles. The minimum absolute atomic E-state index is 0.00321. The summed E-state index contributed by atoms with van der Waals surface area (Å²) in [6.07, 6.45) is 20.7. The summed E-state index contributed by atoms with van der Waals surface area (Å²) < 4.78 is 47.0. The van der Waals surface area contributed by atoms with Crippen molar-refractivity contribution >= 4 is 17.9 Å². The van der Waals surface area contributed by atoms with Crippen molar-refractivity contribution in [3.05, 3.63) is 83.7 Å². The maximum absolute atomic E-state index is 15.0. The Hall–Kier alpha value is -4.50. The predicted octanol–water partition coefficient (Wildman–Crippen LogP) is 11.7. The molecule has 3 N–H and O–H groups in total. The fourth-order valence-corrected chi connectivity index (χ4v) is 10.8. The van der Waals surface area contributed by atoms with E-state index in [1.807, 2.05) is 13.0 Å². The lowest BCUT2D eigenvalue weighted by Crippen LogP contribution is -2.70. The Morgan fingerprint density at radius 3 is 2.33 bits per heavy atom. The molecule has 1 saturated carbocycles. The highest BCUT2D eigenvalue weighted by Gasteiger charge is 2.66. The fraction of sp³-hybridized carbons (Fsp3) is 0.655. The van der Waals surface area contributed by atoms with Crippen molar-refractivity contribution < 1.29 is 52.7 Å². The van der Waals surface area contributed by atoms with Gasteiger partial charge in [-0.2, -0.15) is 0 Å². The lowest BCUT2D eigenvalue weighted by atomic mass is 9.55. The smallest absolute Gasteiger partial charge is 0.412 e. The molecular formula is C55H80FN3O10. The molecule has 7 atom stereocenters. The maximum atomic E-state index is 15.0. The Morgan fingerprint density at radius 1 is 0.928 bits per heavy atom. The predicted molar refractivity (Wildman–Crippen MR) is 264 cm³/mol. The summed E-state index contributed by atoms with van der Waals surface area (Å²) in [5, 5.41) is 27.7. The molecule has 2 amide bonds. The van der Waals surface area contributed by atoms with Gasteiger partial charge in [-0.15, -0.1) is 6.58 Å². The van der Waals surface area contributed by atoms with Crippen molar-refractivity contribution in [1.29, 1.82) is 0 Å². The van der Waals surface area contributed by atoms with Gasteiger partial charge in [-0.3, -0.25) is 4.90 Å². The molecule has 2 aromatic carbocycles. The van der Waals surface area contributed by atoms with Crippen LogP contribution in [0.25, 0.3) is 0 Å². The second kappa shape index (κ2) is 28.4. The minimum Gasteiger partial charge on any atom is -0.459 e. The first kappa shape index (κ1) is 53.8. The van der Waals surface area contributed by atoms with Gasteiger partial charge in [0.1, 0.15) is 23.4 Å². The molecule has 13 nitrogen and oxygen atoms in total. The van der Waals surface area contributed by atoms with Crippen LogP contribution in [-0.2, 0) is 25.6 Å². The molecule has 6 rings (SSSR count). The van der Waals surface area contributed by atoms with E-state index in [1.165, 1.54) is 50.7 Å². The number of carbonyl (C=O) groups is 2. The lowest BCUT2D eigenvalue weighted by molar-refractivity contribution is -0.256. The maximum Gasteiger partial charge on any atom is 0.412 e. The summed E-state index contributed by atoms with van der Waals surface area (Å²) in [4.78, 5) is 35.8. The number of ether oxygens (including phenoxy) is 5. The van der Waals surface area contributed by atoms with Gasteiger partial charge in [0.15, 0.2) is 0 Å². The number of rotatable bonds is 29. The first-order valence-electron chi connectivity index (χ1n) is 26.3. The zero-order valence-corrected chi connectivity index (χ0v) is 41.4. The van der Waals surface area contributed by atoms with E-state index in [9.17, 15) is 19.4 Å². The molecule has 4 aliphatic rings. The van der Waals surface area contributed by atoms with E-state index in [1.54, 1.807) is 35.2 Å². The molecule has 2 aromatic rings. The highest BCUT2D eigenvalue weighted by molar-refractivity contribution is 6.03. The third-order valence-electron chi connectivity index (χ3n) is 14.2. The van der Waals surface area contributed by atoms with Crippen LogP contribution in [-0.4, -0.2) is 90.7 Å². The van der Waals surface area contributed by atoms with Gasteiger partial charge in [0.25, 0.3) is 0 Å². The highest BCUT2D eigenvalue weighted by Crippen LogP contribution is 2.62. The summed E-state index contributed by atoms with van der Waals surface area (Å²) in [5.41, 5.74) is 2.99. The zero-order chi connectivity index (χ0) is 48.9. The number of oxime groups is 1. The van der Waals surface area contributed by atoms with E-state index in [2.05, 4.69) is 24.9 Å². The van der Waals surface area contributed by atoms with Crippen LogP contribution in [0.5, 0.6) is 11.5 Å². The Kier molecular flexibility index (Phi) is 22.1. The van der Waals surface area contributed by atoms with Crippen LogP contribution in [0.15, 0.2) is 71.9 Å². The number of amides is 2. The first-order valence-corrected chi connectivity index (χ1v) is 26.3. The molecule has 0 bridgehead atoms. The van der Waals surface area contributed by atoms with Crippen LogP contribution in [0.4, 0.5) is 14.0 Å². The SMILES string of the molecule is C=CCO[C@@]12Oc3ccc(OC(=O)NCC)cc3[C@H]3[C@H](CCCCO)[C@@H](CCCCO)C=C(C(=NOC4CCCCO4)C[C@@H]1N(Cc1ccc(F)cc1)C(=O)OCCCCCCCCCCCC)[C@H]32. The number of hydrogen-bond donors (Lipinski definition) is 3.